The first-order valence-corrected chi connectivity index (χ1v) is 6.75. The van der Waals surface area contributed by atoms with Crippen molar-refractivity contribution in [3.63, 3.8) is 0 Å². The molecule has 0 saturated carbocycles. The number of rotatable bonds is 5. The molecule has 0 amide bonds. The Morgan fingerprint density at radius 1 is 1.05 bits per heavy atom. The third-order valence-electron chi connectivity index (χ3n) is 3.13. The van der Waals surface area contributed by atoms with Gasteiger partial charge < -0.3 is 10.5 Å². The highest BCUT2D eigenvalue weighted by Gasteiger charge is 2.05. The molecule has 0 spiro atoms. The van der Waals surface area contributed by atoms with Gasteiger partial charge in [-0.25, -0.2) is 0 Å². The maximum atomic E-state index is 11.8. The Bertz CT molecular complexity index is 576. The Morgan fingerprint density at radius 3 is 2.40 bits per heavy atom. The highest BCUT2D eigenvalue weighted by atomic mass is 16.5. The number of carbonyl (C=O) groups excluding carboxylic acids is 1. The summed E-state index contributed by atoms with van der Waals surface area (Å²) >= 11 is 0. The molecule has 2 N–H and O–H groups in total. The fourth-order valence-electron chi connectivity index (χ4n) is 1.96. The van der Waals surface area contributed by atoms with Crippen molar-refractivity contribution in [2.24, 2.45) is 0 Å². The number of ether oxygens (including phenoxy) is 1. The zero-order chi connectivity index (χ0) is 14.4. The standard InChI is InChI=1S/C17H19NO2/c1-2-13-6-8-14(9-7-13)12-20-17(19)11-15-4-3-5-16(18)10-15/h3-10H,2,11-12,18H2,1H3. The van der Waals surface area contributed by atoms with Crippen molar-refractivity contribution < 1.29 is 9.53 Å². The lowest BCUT2D eigenvalue weighted by atomic mass is 10.1. The molecule has 0 radical (unpaired) electrons. The van der Waals surface area contributed by atoms with Crippen LogP contribution in [0.5, 0.6) is 0 Å². The van der Waals surface area contributed by atoms with Crippen LogP contribution >= 0.6 is 0 Å². The van der Waals surface area contributed by atoms with E-state index in [4.69, 9.17) is 10.5 Å². The average Bonchev–Trinajstić information content (AvgIpc) is 2.46. The molecule has 2 aromatic rings. The van der Waals surface area contributed by atoms with Gasteiger partial charge in [-0.3, -0.25) is 4.79 Å². The fourth-order valence-corrected chi connectivity index (χ4v) is 1.96. The van der Waals surface area contributed by atoms with Crippen LogP contribution in [0.3, 0.4) is 0 Å². The molecule has 20 heavy (non-hydrogen) atoms. The minimum Gasteiger partial charge on any atom is -0.461 e. The molecule has 0 atom stereocenters. The maximum Gasteiger partial charge on any atom is 0.310 e. The van der Waals surface area contributed by atoms with E-state index in [1.807, 2.05) is 24.3 Å². The zero-order valence-corrected chi connectivity index (χ0v) is 11.6. The van der Waals surface area contributed by atoms with Gasteiger partial charge in [0.05, 0.1) is 6.42 Å². The zero-order valence-electron chi connectivity index (χ0n) is 11.6. The molecule has 2 rings (SSSR count). The van der Waals surface area contributed by atoms with Gasteiger partial charge in [-0.05, 0) is 35.2 Å². The van der Waals surface area contributed by atoms with E-state index in [0.717, 1.165) is 17.5 Å². The van der Waals surface area contributed by atoms with Gasteiger partial charge in [0, 0.05) is 5.69 Å². The van der Waals surface area contributed by atoms with Crippen molar-refractivity contribution in [3.05, 3.63) is 65.2 Å². The number of esters is 1. The number of carbonyl (C=O) groups is 1. The lowest BCUT2D eigenvalue weighted by molar-refractivity contribution is -0.144. The van der Waals surface area contributed by atoms with Crippen LogP contribution in [0.2, 0.25) is 0 Å². The summed E-state index contributed by atoms with van der Waals surface area (Å²) in [6, 6.07) is 15.4. The first-order chi connectivity index (χ1) is 9.67. The van der Waals surface area contributed by atoms with Crippen molar-refractivity contribution in [1.82, 2.24) is 0 Å². The van der Waals surface area contributed by atoms with Crippen LogP contribution in [0.15, 0.2) is 48.5 Å². The van der Waals surface area contributed by atoms with Crippen molar-refractivity contribution in [1.29, 1.82) is 0 Å². The Morgan fingerprint density at radius 2 is 1.75 bits per heavy atom. The highest BCUT2D eigenvalue weighted by molar-refractivity contribution is 5.73. The Kier molecular flexibility index (Phi) is 4.77. The predicted molar refractivity (Wildman–Crippen MR) is 80.2 cm³/mol. The summed E-state index contributed by atoms with van der Waals surface area (Å²) < 4.78 is 5.27. The van der Waals surface area contributed by atoms with Crippen LogP contribution < -0.4 is 5.73 Å². The van der Waals surface area contributed by atoms with E-state index in [1.54, 1.807) is 12.1 Å². The number of nitrogens with two attached hydrogens (primary N) is 1. The summed E-state index contributed by atoms with van der Waals surface area (Å²) in [4.78, 5) is 11.8. The molecule has 0 unspecified atom stereocenters. The van der Waals surface area contributed by atoms with E-state index in [0.29, 0.717) is 12.3 Å². The van der Waals surface area contributed by atoms with Gasteiger partial charge in [0.15, 0.2) is 0 Å². The van der Waals surface area contributed by atoms with Gasteiger partial charge >= 0.3 is 5.97 Å². The SMILES string of the molecule is CCc1ccc(COC(=O)Cc2cccc(N)c2)cc1. The van der Waals surface area contributed by atoms with E-state index < -0.39 is 0 Å². The molecule has 0 fully saturated rings. The summed E-state index contributed by atoms with van der Waals surface area (Å²) in [5.74, 6) is -0.241. The second kappa shape index (κ2) is 6.75. The molecule has 0 bridgehead atoms. The van der Waals surface area contributed by atoms with Crippen LogP contribution in [0.25, 0.3) is 0 Å². The van der Waals surface area contributed by atoms with E-state index in [1.165, 1.54) is 5.56 Å². The molecule has 0 aliphatic rings. The van der Waals surface area contributed by atoms with Crippen LogP contribution in [0.1, 0.15) is 23.6 Å². The molecule has 0 saturated heterocycles. The molecule has 104 valence electrons. The first kappa shape index (κ1) is 14.1. The van der Waals surface area contributed by atoms with E-state index in [2.05, 4.69) is 19.1 Å². The molecule has 0 heterocycles. The van der Waals surface area contributed by atoms with Crippen molar-refractivity contribution >= 4 is 11.7 Å². The second-order valence-corrected chi connectivity index (χ2v) is 4.75. The third-order valence-corrected chi connectivity index (χ3v) is 3.13. The van der Waals surface area contributed by atoms with Crippen LogP contribution in [0.4, 0.5) is 5.69 Å². The lowest BCUT2D eigenvalue weighted by Crippen LogP contribution is -2.08. The largest absolute Gasteiger partial charge is 0.461 e. The van der Waals surface area contributed by atoms with Crippen LogP contribution in [-0.2, 0) is 29.0 Å². The van der Waals surface area contributed by atoms with Crippen molar-refractivity contribution in [2.45, 2.75) is 26.4 Å². The highest BCUT2D eigenvalue weighted by Crippen LogP contribution is 2.10. The molecule has 3 heteroatoms. The average molecular weight is 269 g/mol. The Labute approximate surface area is 119 Å². The molecule has 3 nitrogen and oxygen atoms in total. The molecule has 0 aromatic heterocycles. The van der Waals surface area contributed by atoms with E-state index in [-0.39, 0.29) is 12.4 Å². The van der Waals surface area contributed by atoms with E-state index in [9.17, 15) is 4.79 Å². The minimum absolute atomic E-state index is 0.241. The van der Waals surface area contributed by atoms with Gasteiger partial charge in [0.1, 0.15) is 6.61 Å². The van der Waals surface area contributed by atoms with Crippen molar-refractivity contribution in [3.8, 4) is 0 Å². The quantitative estimate of drug-likeness (QED) is 0.670. The van der Waals surface area contributed by atoms with Crippen molar-refractivity contribution in [2.75, 3.05) is 5.73 Å². The van der Waals surface area contributed by atoms with Gasteiger partial charge in [-0.15, -0.1) is 0 Å². The number of hydrogen-bond acceptors (Lipinski definition) is 3. The smallest absolute Gasteiger partial charge is 0.310 e. The summed E-state index contributed by atoms with van der Waals surface area (Å²) in [6.45, 7) is 2.42. The monoisotopic (exact) mass is 269 g/mol. The van der Waals surface area contributed by atoms with Gasteiger partial charge in [0.2, 0.25) is 0 Å². The number of aryl methyl sites for hydroxylation is 1. The number of hydrogen-bond donors (Lipinski definition) is 1. The Hall–Kier alpha value is -2.29. The molecule has 2 aromatic carbocycles. The fraction of sp³-hybridized carbons (Fsp3) is 0.235. The number of benzene rings is 2. The third kappa shape index (κ3) is 4.12. The van der Waals surface area contributed by atoms with E-state index >= 15 is 0 Å². The lowest BCUT2D eigenvalue weighted by Gasteiger charge is -2.06. The summed E-state index contributed by atoms with van der Waals surface area (Å²) in [5, 5.41) is 0. The first-order valence-electron chi connectivity index (χ1n) is 6.75. The normalized spacial score (nSPS) is 10.2. The summed E-state index contributed by atoms with van der Waals surface area (Å²) in [6.07, 6.45) is 1.26. The summed E-state index contributed by atoms with van der Waals surface area (Å²) in [7, 11) is 0. The molecular weight excluding hydrogens is 250 g/mol. The van der Waals surface area contributed by atoms with Gasteiger partial charge in [0.25, 0.3) is 0 Å². The van der Waals surface area contributed by atoms with Crippen LogP contribution in [-0.4, -0.2) is 5.97 Å². The predicted octanol–water partition coefficient (Wildman–Crippen LogP) is 3.12. The van der Waals surface area contributed by atoms with Gasteiger partial charge in [-0.1, -0.05) is 43.3 Å². The number of nitrogen functional groups attached to an aromatic ring is 1. The number of anilines is 1. The molecular formula is C17H19NO2. The topological polar surface area (TPSA) is 52.3 Å². The maximum absolute atomic E-state index is 11.8. The molecule has 0 aliphatic heterocycles. The second-order valence-electron chi connectivity index (χ2n) is 4.75. The van der Waals surface area contributed by atoms with Gasteiger partial charge in [-0.2, -0.15) is 0 Å². The Balaban J connectivity index is 1.85. The minimum atomic E-state index is -0.241. The summed E-state index contributed by atoms with van der Waals surface area (Å²) in [5.41, 5.74) is 9.48. The molecule has 0 aliphatic carbocycles. The van der Waals surface area contributed by atoms with Crippen LogP contribution in [0, 0.1) is 0 Å².